The number of nitrogens with one attached hydrogen (secondary N) is 1. The molecule has 0 radical (unpaired) electrons. The lowest BCUT2D eigenvalue weighted by Gasteiger charge is -2.16. The molecule has 3 aromatic carbocycles. The zero-order chi connectivity index (χ0) is 22.0. The van der Waals surface area contributed by atoms with Crippen molar-refractivity contribution in [3.05, 3.63) is 106 Å². The van der Waals surface area contributed by atoms with Gasteiger partial charge in [0.1, 0.15) is 22.9 Å². The van der Waals surface area contributed by atoms with Crippen LogP contribution in [0.25, 0.3) is 22.4 Å². The molecule has 1 N–H and O–H groups in total. The minimum Gasteiger partial charge on any atom is -0.317 e. The molecule has 31 heavy (non-hydrogen) atoms. The molecule has 0 bridgehead atoms. The molecule has 0 fully saturated rings. The van der Waals surface area contributed by atoms with Crippen LogP contribution in [-0.4, -0.2) is 15.7 Å². The van der Waals surface area contributed by atoms with Gasteiger partial charge in [0.25, 0.3) is 11.5 Å². The molecule has 1 heterocycles. The predicted molar refractivity (Wildman–Crippen MR) is 115 cm³/mol. The van der Waals surface area contributed by atoms with Gasteiger partial charge < -0.3 is 5.32 Å². The van der Waals surface area contributed by atoms with Crippen LogP contribution in [0.3, 0.4) is 0 Å². The van der Waals surface area contributed by atoms with Crippen molar-refractivity contribution < 1.29 is 13.6 Å². The Morgan fingerprint density at radius 2 is 1.39 bits per heavy atom. The van der Waals surface area contributed by atoms with Crippen LogP contribution in [0.4, 0.5) is 14.5 Å². The zero-order valence-electron chi connectivity index (χ0n) is 16.5. The van der Waals surface area contributed by atoms with Gasteiger partial charge in [0.15, 0.2) is 0 Å². The van der Waals surface area contributed by atoms with Crippen molar-refractivity contribution in [3.63, 3.8) is 0 Å². The van der Waals surface area contributed by atoms with E-state index in [0.29, 0.717) is 16.8 Å². The minimum atomic E-state index is -0.941. The fourth-order valence-electron chi connectivity index (χ4n) is 3.32. The highest BCUT2D eigenvalue weighted by atomic mass is 19.1. The van der Waals surface area contributed by atoms with Gasteiger partial charge in [0, 0.05) is 18.2 Å². The average Bonchev–Trinajstić information content (AvgIpc) is 2.79. The maximum atomic E-state index is 14.1. The second-order valence-electron chi connectivity index (χ2n) is 6.81. The molecule has 5 nitrogen and oxygen atoms in total. The first-order valence-corrected chi connectivity index (χ1v) is 9.45. The van der Waals surface area contributed by atoms with E-state index in [0.717, 1.165) is 16.8 Å². The van der Waals surface area contributed by atoms with E-state index in [4.69, 9.17) is 0 Å². The van der Waals surface area contributed by atoms with Gasteiger partial charge in [0.05, 0.1) is 5.69 Å². The molecule has 0 spiro atoms. The summed E-state index contributed by atoms with van der Waals surface area (Å²) in [5.74, 6) is -2.81. The van der Waals surface area contributed by atoms with Gasteiger partial charge in [-0.3, -0.25) is 9.59 Å². The number of carbonyl (C=O) groups excluding carboxylic acids is 1. The maximum Gasteiger partial charge on any atom is 0.280 e. The Hall–Kier alpha value is -4.13. The number of anilines is 1. The number of hydrogen-bond donors (Lipinski definition) is 1. The van der Waals surface area contributed by atoms with E-state index in [9.17, 15) is 18.4 Å². The number of nitrogens with zero attached hydrogens (tertiary/aromatic N) is 2. The Labute approximate surface area is 176 Å². The molecule has 0 aliphatic carbocycles. The summed E-state index contributed by atoms with van der Waals surface area (Å²) in [7, 11) is 1.42. The third-order valence-corrected chi connectivity index (χ3v) is 4.78. The van der Waals surface area contributed by atoms with E-state index in [-0.39, 0.29) is 11.1 Å². The highest BCUT2D eigenvalue weighted by Gasteiger charge is 2.25. The highest BCUT2D eigenvalue weighted by molar-refractivity contribution is 6.10. The van der Waals surface area contributed by atoms with Crippen molar-refractivity contribution in [2.24, 2.45) is 7.05 Å². The Kier molecular flexibility index (Phi) is 5.41. The van der Waals surface area contributed by atoms with Gasteiger partial charge in [0.2, 0.25) is 0 Å². The summed E-state index contributed by atoms with van der Waals surface area (Å²) in [5, 5.41) is 6.60. The Bertz CT molecular complexity index is 1300. The van der Waals surface area contributed by atoms with Gasteiger partial charge in [-0.25, -0.2) is 13.5 Å². The number of aromatic nitrogens is 2. The fraction of sp³-hybridized carbons (Fsp3) is 0.0417. The third-order valence-electron chi connectivity index (χ3n) is 4.78. The molecule has 0 saturated carbocycles. The summed E-state index contributed by atoms with van der Waals surface area (Å²) in [4.78, 5) is 26.2. The smallest absolute Gasteiger partial charge is 0.280 e. The summed E-state index contributed by atoms with van der Waals surface area (Å²) in [5.41, 5.74) is 0.371. The van der Waals surface area contributed by atoms with Gasteiger partial charge in [-0.15, -0.1) is 0 Å². The first-order valence-electron chi connectivity index (χ1n) is 9.45. The molecular weight excluding hydrogens is 400 g/mol. The molecule has 4 rings (SSSR count). The number of para-hydroxylation sites is 1. The maximum absolute atomic E-state index is 14.1. The van der Waals surface area contributed by atoms with E-state index < -0.39 is 28.8 Å². The lowest BCUT2D eigenvalue weighted by atomic mass is 9.95. The molecule has 0 aliphatic rings. The largest absolute Gasteiger partial charge is 0.317 e. The van der Waals surface area contributed by atoms with Crippen LogP contribution in [0.1, 0.15) is 10.4 Å². The Balaban J connectivity index is 1.98. The number of halogens is 2. The number of carbonyl (C=O) groups is 1. The molecule has 7 heteroatoms. The van der Waals surface area contributed by atoms with Gasteiger partial charge in [-0.2, -0.15) is 5.10 Å². The van der Waals surface area contributed by atoms with E-state index in [1.54, 1.807) is 42.5 Å². The number of rotatable bonds is 4. The SMILES string of the molecule is Cn1nc(-c2ccccc2)c(-c2ccccc2)c(C(=O)Nc2c(F)cccc2F)c1=O. The normalized spacial score (nSPS) is 10.7. The lowest BCUT2D eigenvalue weighted by molar-refractivity contribution is 0.102. The molecule has 0 saturated heterocycles. The average molecular weight is 417 g/mol. The van der Waals surface area contributed by atoms with Crippen LogP contribution in [-0.2, 0) is 7.05 Å². The molecule has 0 aliphatic heterocycles. The summed E-state index contributed by atoms with van der Waals surface area (Å²) in [6.45, 7) is 0. The first kappa shape index (κ1) is 20.2. The summed E-state index contributed by atoms with van der Waals surface area (Å²) in [6, 6.07) is 21.1. The summed E-state index contributed by atoms with van der Waals surface area (Å²) in [6.07, 6.45) is 0. The van der Waals surface area contributed by atoms with E-state index >= 15 is 0 Å². The fourth-order valence-corrected chi connectivity index (χ4v) is 3.32. The standard InChI is InChI=1S/C24H17F2N3O2/c1-29-24(31)20(23(30)27-22-17(25)13-8-14-18(22)26)19(15-9-4-2-5-10-15)21(28-29)16-11-6-3-7-12-16/h2-14H,1H3,(H,27,30). The van der Waals surface area contributed by atoms with Gasteiger partial charge >= 0.3 is 0 Å². The van der Waals surface area contributed by atoms with Crippen molar-refractivity contribution in [3.8, 4) is 22.4 Å². The zero-order valence-corrected chi connectivity index (χ0v) is 16.5. The number of benzene rings is 3. The Morgan fingerprint density at radius 3 is 1.97 bits per heavy atom. The van der Waals surface area contributed by atoms with E-state index in [1.807, 2.05) is 18.2 Å². The summed E-state index contributed by atoms with van der Waals surface area (Å²) < 4.78 is 29.3. The summed E-state index contributed by atoms with van der Waals surface area (Å²) >= 11 is 0. The minimum absolute atomic E-state index is 0.259. The Morgan fingerprint density at radius 1 is 0.839 bits per heavy atom. The lowest BCUT2D eigenvalue weighted by Crippen LogP contribution is -2.31. The third kappa shape index (κ3) is 3.85. The van der Waals surface area contributed by atoms with Crippen molar-refractivity contribution in [2.45, 2.75) is 0 Å². The van der Waals surface area contributed by atoms with Crippen LogP contribution in [0.15, 0.2) is 83.7 Å². The molecule has 1 amide bonds. The second-order valence-corrected chi connectivity index (χ2v) is 6.81. The quantitative estimate of drug-likeness (QED) is 0.526. The monoisotopic (exact) mass is 417 g/mol. The van der Waals surface area contributed by atoms with Crippen LogP contribution in [0.2, 0.25) is 0 Å². The number of amides is 1. The van der Waals surface area contributed by atoms with Gasteiger partial charge in [-0.1, -0.05) is 66.7 Å². The first-order chi connectivity index (χ1) is 15.0. The predicted octanol–water partition coefficient (Wildman–Crippen LogP) is 4.64. The molecular formula is C24H17F2N3O2. The van der Waals surface area contributed by atoms with Crippen LogP contribution in [0, 0.1) is 11.6 Å². The van der Waals surface area contributed by atoms with Crippen LogP contribution in [0.5, 0.6) is 0 Å². The molecule has 4 aromatic rings. The van der Waals surface area contributed by atoms with Crippen molar-refractivity contribution in [1.29, 1.82) is 0 Å². The number of aryl methyl sites for hydroxylation is 1. The molecule has 1 aromatic heterocycles. The van der Waals surface area contributed by atoms with E-state index in [1.165, 1.54) is 13.1 Å². The van der Waals surface area contributed by atoms with Crippen molar-refractivity contribution >= 4 is 11.6 Å². The van der Waals surface area contributed by atoms with Crippen LogP contribution >= 0.6 is 0 Å². The highest BCUT2D eigenvalue weighted by Crippen LogP contribution is 2.32. The second kappa shape index (κ2) is 8.31. The van der Waals surface area contributed by atoms with Crippen molar-refractivity contribution in [2.75, 3.05) is 5.32 Å². The van der Waals surface area contributed by atoms with E-state index in [2.05, 4.69) is 10.4 Å². The molecule has 154 valence electrons. The van der Waals surface area contributed by atoms with Crippen molar-refractivity contribution in [1.82, 2.24) is 9.78 Å². The molecule has 0 atom stereocenters. The van der Waals surface area contributed by atoms with Crippen LogP contribution < -0.4 is 10.9 Å². The topological polar surface area (TPSA) is 64.0 Å². The number of hydrogen-bond acceptors (Lipinski definition) is 3. The molecule has 0 unspecified atom stereocenters. The van der Waals surface area contributed by atoms with Gasteiger partial charge in [-0.05, 0) is 17.7 Å².